The molecule has 1 aromatic carbocycles. The highest BCUT2D eigenvalue weighted by atomic mass is 19.1. The van der Waals surface area contributed by atoms with Gasteiger partial charge in [-0.25, -0.2) is 4.39 Å². The van der Waals surface area contributed by atoms with Crippen LogP contribution in [0.1, 0.15) is 38.3 Å². The van der Waals surface area contributed by atoms with Crippen molar-refractivity contribution in [3.8, 4) is 0 Å². The Balaban J connectivity index is 2.80. The molecule has 0 atom stereocenters. The lowest BCUT2D eigenvalue weighted by molar-refractivity contribution is 0.667. The van der Waals surface area contributed by atoms with Crippen molar-refractivity contribution < 1.29 is 4.39 Å². The van der Waals surface area contributed by atoms with Crippen LogP contribution in [0.15, 0.2) is 90.3 Å². The SMILES string of the molecule is C=C/C(F)=C\C=C(/C)C/C(C)=C(C)/C=C\C(=C)c1cccc(C)c1. The molecule has 0 heterocycles. The highest BCUT2D eigenvalue weighted by molar-refractivity contribution is 5.72. The van der Waals surface area contributed by atoms with Crippen molar-refractivity contribution in [1.82, 2.24) is 0 Å². The summed E-state index contributed by atoms with van der Waals surface area (Å²) in [5, 5.41) is 0. The van der Waals surface area contributed by atoms with Gasteiger partial charge in [-0.05, 0) is 57.4 Å². The van der Waals surface area contributed by atoms with Crippen LogP contribution in [0.3, 0.4) is 0 Å². The Bertz CT molecular complexity index is 724. The molecule has 1 aromatic rings. The van der Waals surface area contributed by atoms with Crippen LogP contribution in [0.2, 0.25) is 0 Å². The standard InChI is InChI=1S/C23H27F/c1-7-23(24)14-11-18(3)15-21(6)19(4)12-13-20(5)22-10-8-9-17(2)16-22/h7-14,16H,1,5,15H2,2-4,6H3/b13-12-,18-11+,21-19+,23-14+. The van der Waals surface area contributed by atoms with Gasteiger partial charge in [0.15, 0.2) is 0 Å². The average Bonchev–Trinajstić information content (AvgIpc) is 2.56. The third kappa shape index (κ3) is 6.78. The zero-order valence-corrected chi connectivity index (χ0v) is 15.2. The molecule has 0 radical (unpaired) electrons. The van der Waals surface area contributed by atoms with Crippen molar-refractivity contribution in [1.29, 1.82) is 0 Å². The number of rotatable bonds is 7. The smallest absolute Gasteiger partial charge is 0.122 e. The van der Waals surface area contributed by atoms with Crippen LogP contribution in [-0.2, 0) is 0 Å². The second kappa shape index (κ2) is 9.67. The van der Waals surface area contributed by atoms with Gasteiger partial charge in [0, 0.05) is 0 Å². The minimum Gasteiger partial charge on any atom is -0.207 e. The first-order valence-electron chi connectivity index (χ1n) is 8.09. The van der Waals surface area contributed by atoms with E-state index in [2.05, 4.69) is 58.2 Å². The van der Waals surface area contributed by atoms with E-state index < -0.39 is 0 Å². The number of hydrogen-bond donors (Lipinski definition) is 0. The van der Waals surface area contributed by atoms with Crippen LogP contribution in [-0.4, -0.2) is 0 Å². The fraction of sp³-hybridized carbons (Fsp3) is 0.217. The Morgan fingerprint density at radius 1 is 1.12 bits per heavy atom. The van der Waals surface area contributed by atoms with Crippen molar-refractivity contribution in [2.24, 2.45) is 0 Å². The predicted octanol–water partition coefficient (Wildman–Crippen LogP) is 7.28. The Morgan fingerprint density at radius 3 is 2.46 bits per heavy atom. The molecule has 0 N–H and O–H groups in total. The molecule has 0 saturated carbocycles. The first-order chi connectivity index (χ1) is 11.3. The molecule has 0 aliphatic heterocycles. The summed E-state index contributed by atoms with van der Waals surface area (Å²) in [6.07, 6.45) is 9.40. The summed E-state index contributed by atoms with van der Waals surface area (Å²) >= 11 is 0. The lowest BCUT2D eigenvalue weighted by atomic mass is 10.0. The summed E-state index contributed by atoms with van der Waals surface area (Å²) < 4.78 is 13.1. The molecular formula is C23H27F. The van der Waals surface area contributed by atoms with Gasteiger partial charge >= 0.3 is 0 Å². The van der Waals surface area contributed by atoms with E-state index >= 15 is 0 Å². The Labute approximate surface area is 146 Å². The van der Waals surface area contributed by atoms with Gasteiger partial charge in [-0.1, -0.05) is 77.9 Å². The van der Waals surface area contributed by atoms with Crippen LogP contribution in [0.4, 0.5) is 4.39 Å². The van der Waals surface area contributed by atoms with Gasteiger partial charge in [-0.3, -0.25) is 0 Å². The highest BCUT2D eigenvalue weighted by Crippen LogP contribution is 2.19. The number of halogens is 1. The summed E-state index contributed by atoms with van der Waals surface area (Å²) in [4.78, 5) is 0. The van der Waals surface area contributed by atoms with E-state index in [1.165, 1.54) is 28.9 Å². The number of allylic oxidation sites excluding steroid dienone is 10. The maximum absolute atomic E-state index is 13.1. The van der Waals surface area contributed by atoms with E-state index in [9.17, 15) is 4.39 Å². The van der Waals surface area contributed by atoms with Crippen molar-refractivity contribution in [2.45, 2.75) is 34.1 Å². The van der Waals surface area contributed by atoms with Crippen molar-refractivity contribution in [2.75, 3.05) is 0 Å². The van der Waals surface area contributed by atoms with Gasteiger partial charge in [0.2, 0.25) is 0 Å². The second-order valence-electron chi connectivity index (χ2n) is 6.14. The molecule has 1 rings (SSSR count). The van der Waals surface area contributed by atoms with Crippen molar-refractivity contribution in [3.63, 3.8) is 0 Å². The molecule has 0 amide bonds. The molecule has 0 fully saturated rings. The summed E-state index contributed by atoms with van der Waals surface area (Å²) in [5.41, 5.74) is 6.92. The Kier molecular flexibility index (Phi) is 7.91. The van der Waals surface area contributed by atoms with Crippen LogP contribution < -0.4 is 0 Å². The third-order valence-electron chi connectivity index (χ3n) is 3.86. The number of aryl methyl sites for hydroxylation is 1. The topological polar surface area (TPSA) is 0 Å². The Morgan fingerprint density at radius 2 is 1.83 bits per heavy atom. The largest absolute Gasteiger partial charge is 0.207 e. The van der Waals surface area contributed by atoms with E-state index in [0.717, 1.165) is 23.1 Å². The summed E-state index contributed by atoms with van der Waals surface area (Å²) in [6.45, 7) is 15.8. The quantitative estimate of drug-likeness (QED) is 0.463. The van der Waals surface area contributed by atoms with Crippen molar-refractivity contribution >= 4 is 5.57 Å². The lowest BCUT2D eigenvalue weighted by Crippen LogP contribution is -1.85. The van der Waals surface area contributed by atoms with Gasteiger partial charge in [0.25, 0.3) is 0 Å². The van der Waals surface area contributed by atoms with E-state index in [-0.39, 0.29) is 5.83 Å². The zero-order valence-electron chi connectivity index (χ0n) is 15.2. The fourth-order valence-corrected chi connectivity index (χ4v) is 2.22. The second-order valence-corrected chi connectivity index (χ2v) is 6.14. The molecule has 0 unspecified atom stereocenters. The first-order valence-corrected chi connectivity index (χ1v) is 8.09. The van der Waals surface area contributed by atoms with E-state index in [1.54, 1.807) is 6.08 Å². The monoisotopic (exact) mass is 322 g/mol. The van der Waals surface area contributed by atoms with E-state index in [1.807, 2.05) is 19.1 Å². The zero-order chi connectivity index (χ0) is 18.1. The molecule has 0 aliphatic rings. The highest BCUT2D eigenvalue weighted by Gasteiger charge is 1.98. The lowest BCUT2D eigenvalue weighted by Gasteiger charge is -2.06. The summed E-state index contributed by atoms with van der Waals surface area (Å²) in [7, 11) is 0. The fourth-order valence-electron chi connectivity index (χ4n) is 2.22. The van der Waals surface area contributed by atoms with Gasteiger partial charge in [-0.2, -0.15) is 0 Å². The molecule has 0 bridgehead atoms. The number of hydrogen-bond acceptors (Lipinski definition) is 0. The molecule has 126 valence electrons. The van der Waals surface area contributed by atoms with Crippen LogP contribution >= 0.6 is 0 Å². The van der Waals surface area contributed by atoms with Crippen LogP contribution in [0, 0.1) is 6.92 Å². The van der Waals surface area contributed by atoms with Gasteiger partial charge in [-0.15, -0.1) is 0 Å². The molecule has 1 heteroatoms. The third-order valence-corrected chi connectivity index (χ3v) is 3.86. The average molecular weight is 322 g/mol. The maximum atomic E-state index is 13.1. The number of benzene rings is 1. The molecule has 0 saturated heterocycles. The van der Waals surface area contributed by atoms with E-state index in [4.69, 9.17) is 0 Å². The normalized spacial score (nSPS) is 13.9. The molecular weight excluding hydrogens is 295 g/mol. The van der Waals surface area contributed by atoms with Gasteiger partial charge in [0.1, 0.15) is 5.83 Å². The molecule has 0 nitrogen and oxygen atoms in total. The molecule has 0 spiro atoms. The molecule has 24 heavy (non-hydrogen) atoms. The van der Waals surface area contributed by atoms with Crippen LogP contribution in [0.25, 0.3) is 5.57 Å². The minimum atomic E-state index is -0.318. The maximum Gasteiger partial charge on any atom is 0.122 e. The van der Waals surface area contributed by atoms with Gasteiger partial charge in [0.05, 0.1) is 0 Å². The Hall–Kier alpha value is -2.41. The predicted molar refractivity (Wildman–Crippen MR) is 105 cm³/mol. The molecule has 0 aliphatic carbocycles. The molecule has 0 aromatic heterocycles. The summed E-state index contributed by atoms with van der Waals surface area (Å²) in [5.74, 6) is -0.318. The van der Waals surface area contributed by atoms with Gasteiger partial charge < -0.3 is 0 Å². The van der Waals surface area contributed by atoms with E-state index in [0.29, 0.717) is 0 Å². The summed E-state index contributed by atoms with van der Waals surface area (Å²) in [6, 6.07) is 8.32. The first kappa shape index (κ1) is 19.6. The minimum absolute atomic E-state index is 0.318. The van der Waals surface area contributed by atoms with Crippen LogP contribution in [0.5, 0.6) is 0 Å². The van der Waals surface area contributed by atoms with Crippen molar-refractivity contribution in [3.05, 3.63) is 101 Å².